The fourth-order valence-corrected chi connectivity index (χ4v) is 2.99. The van der Waals surface area contributed by atoms with Gasteiger partial charge in [-0.1, -0.05) is 54.6 Å². The van der Waals surface area contributed by atoms with Crippen molar-refractivity contribution >= 4 is 0 Å². The first-order valence-corrected chi connectivity index (χ1v) is 8.69. The average molecular weight is 357 g/mol. The number of aromatic hydroxyl groups is 1. The minimum atomic E-state index is -0.128. The molecule has 0 aliphatic heterocycles. The smallest absolute Gasteiger partial charge is 0.137 e. The molecule has 1 unspecified atom stereocenters. The zero-order valence-electron chi connectivity index (χ0n) is 14.6. The first kappa shape index (κ1) is 16.8. The monoisotopic (exact) mass is 357 g/mol. The number of rotatable bonds is 6. The maximum atomic E-state index is 9.58. The van der Waals surface area contributed by atoms with Crippen molar-refractivity contribution in [1.29, 1.82) is 0 Å². The molecule has 134 valence electrons. The molecule has 1 N–H and O–H groups in total. The lowest BCUT2D eigenvalue weighted by molar-refractivity contribution is 0.306. The van der Waals surface area contributed by atoms with Crippen LogP contribution in [0.1, 0.15) is 22.7 Å². The van der Waals surface area contributed by atoms with E-state index in [9.17, 15) is 5.11 Å². The standard InChI is InChI=1S/C22H19N3O2/c26-20-10-6-18(7-11-20)22(25-16-23-15-24-25)19-8-12-21(13-9-19)27-14-17-4-2-1-3-5-17/h1-13,15-16,22,26H,14H2. The number of aromatic nitrogens is 3. The van der Waals surface area contributed by atoms with Crippen molar-refractivity contribution in [2.45, 2.75) is 12.6 Å². The molecule has 3 aromatic carbocycles. The van der Waals surface area contributed by atoms with Gasteiger partial charge < -0.3 is 9.84 Å². The van der Waals surface area contributed by atoms with E-state index in [0.717, 1.165) is 22.4 Å². The van der Waals surface area contributed by atoms with Crippen LogP contribution in [0.4, 0.5) is 0 Å². The molecule has 0 spiro atoms. The van der Waals surface area contributed by atoms with Gasteiger partial charge in [0.05, 0.1) is 0 Å². The van der Waals surface area contributed by atoms with Gasteiger partial charge in [0.25, 0.3) is 0 Å². The molecule has 0 fully saturated rings. The predicted octanol–water partition coefficient (Wildman–Crippen LogP) is 4.20. The Morgan fingerprint density at radius 1 is 0.852 bits per heavy atom. The third-order valence-electron chi connectivity index (χ3n) is 4.35. The quantitative estimate of drug-likeness (QED) is 0.562. The normalized spacial score (nSPS) is 11.9. The van der Waals surface area contributed by atoms with Crippen molar-refractivity contribution in [1.82, 2.24) is 14.8 Å². The van der Waals surface area contributed by atoms with Crippen molar-refractivity contribution in [3.8, 4) is 11.5 Å². The predicted molar refractivity (Wildman–Crippen MR) is 103 cm³/mol. The van der Waals surface area contributed by atoms with Gasteiger partial charge in [-0.25, -0.2) is 9.67 Å². The Morgan fingerprint density at radius 3 is 2.15 bits per heavy atom. The van der Waals surface area contributed by atoms with Gasteiger partial charge in [-0.15, -0.1) is 0 Å². The van der Waals surface area contributed by atoms with E-state index in [1.807, 2.05) is 66.7 Å². The molecule has 27 heavy (non-hydrogen) atoms. The van der Waals surface area contributed by atoms with Gasteiger partial charge in [-0.3, -0.25) is 0 Å². The molecule has 5 nitrogen and oxygen atoms in total. The topological polar surface area (TPSA) is 60.2 Å². The maximum Gasteiger partial charge on any atom is 0.137 e. The first-order valence-electron chi connectivity index (χ1n) is 8.69. The molecular formula is C22H19N3O2. The molecule has 4 aromatic rings. The van der Waals surface area contributed by atoms with Crippen molar-refractivity contribution in [2.75, 3.05) is 0 Å². The highest BCUT2D eigenvalue weighted by molar-refractivity contribution is 5.38. The minimum Gasteiger partial charge on any atom is -0.508 e. The van der Waals surface area contributed by atoms with Gasteiger partial charge in [0.2, 0.25) is 0 Å². The van der Waals surface area contributed by atoms with Crippen LogP contribution in [0.5, 0.6) is 11.5 Å². The number of hydrogen-bond acceptors (Lipinski definition) is 4. The van der Waals surface area contributed by atoms with E-state index in [4.69, 9.17) is 4.74 Å². The summed E-state index contributed by atoms with van der Waals surface area (Å²) in [6.45, 7) is 0.532. The summed E-state index contributed by atoms with van der Waals surface area (Å²) in [6.07, 6.45) is 3.21. The van der Waals surface area contributed by atoms with Crippen LogP contribution in [0.3, 0.4) is 0 Å². The SMILES string of the molecule is Oc1ccc(C(c2ccc(OCc3ccccc3)cc2)n2cncn2)cc1. The van der Waals surface area contributed by atoms with E-state index in [-0.39, 0.29) is 11.8 Å². The van der Waals surface area contributed by atoms with E-state index in [0.29, 0.717) is 6.61 Å². The molecule has 0 saturated carbocycles. The third-order valence-corrected chi connectivity index (χ3v) is 4.35. The maximum absolute atomic E-state index is 9.58. The van der Waals surface area contributed by atoms with Crippen LogP contribution in [0.25, 0.3) is 0 Å². The summed E-state index contributed by atoms with van der Waals surface area (Å²) in [4.78, 5) is 4.07. The van der Waals surface area contributed by atoms with E-state index >= 15 is 0 Å². The Balaban J connectivity index is 1.56. The number of phenolic OH excluding ortho intramolecular Hbond substituents is 1. The third kappa shape index (κ3) is 3.98. The lowest BCUT2D eigenvalue weighted by Gasteiger charge is -2.18. The number of nitrogens with zero attached hydrogens (tertiary/aromatic N) is 3. The Labute approximate surface area is 157 Å². The molecule has 4 rings (SSSR count). The van der Waals surface area contributed by atoms with Crippen LogP contribution in [0, 0.1) is 0 Å². The molecule has 0 aliphatic carbocycles. The molecule has 0 bridgehead atoms. The molecule has 0 saturated heterocycles. The summed E-state index contributed by atoms with van der Waals surface area (Å²) in [5.74, 6) is 1.05. The molecule has 5 heteroatoms. The fraction of sp³-hybridized carbons (Fsp3) is 0.0909. The highest BCUT2D eigenvalue weighted by Gasteiger charge is 2.17. The largest absolute Gasteiger partial charge is 0.508 e. The Kier molecular flexibility index (Phi) is 4.83. The van der Waals surface area contributed by atoms with Crippen LogP contribution in [-0.2, 0) is 6.61 Å². The van der Waals surface area contributed by atoms with E-state index in [1.54, 1.807) is 23.1 Å². The molecular weight excluding hydrogens is 338 g/mol. The van der Waals surface area contributed by atoms with Crippen LogP contribution in [0.15, 0.2) is 91.5 Å². The van der Waals surface area contributed by atoms with Crippen molar-refractivity contribution in [2.24, 2.45) is 0 Å². The summed E-state index contributed by atoms with van der Waals surface area (Å²) in [6, 6.07) is 25.1. The first-order chi connectivity index (χ1) is 13.3. The Hall–Kier alpha value is -3.60. The van der Waals surface area contributed by atoms with Gasteiger partial charge in [-0.2, -0.15) is 5.10 Å². The average Bonchev–Trinajstić information content (AvgIpc) is 3.24. The number of phenols is 1. The fourth-order valence-electron chi connectivity index (χ4n) is 2.99. The summed E-state index contributed by atoms with van der Waals surface area (Å²) < 4.78 is 7.67. The van der Waals surface area contributed by atoms with E-state index in [2.05, 4.69) is 10.1 Å². The summed E-state index contributed by atoms with van der Waals surface area (Å²) in [5.41, 5.74) is 3.20. The lowest BCUT2D eigenvalue weighted by atomic mass is 9.98. The molecule has 0 radical (unpaired) electrons. The second-order valence-electron chi connectivity index (χ2n) is 6.21. The second-order valence-corrected chi connectivity index (χ2v) is 6.21. The van der Waals surface area contributed by atoms with E-state index < -0.39 is 0 Å². The van der Waals surface area contributed by atoms with Crippen LogP contribution >= 0.6 is 0 Å². The molecule has 1 atom stereocenters. The molecule has 1 aromatic heterocycles. The Morgan fingerprint density at radius 2 is 1.52 bits per heavy atom. The van der Waals surface area contributed by atoms with Crippen LogP contribution in [0.2, 0.25) is 0 Å². The molecule has 0 amide bonds. The van der Waals surface area contributed by atoms with Gasteiger partial charge in [0.1, 0.15) is 36.8 Å². The second kappa shape index (κ2) is 7.74. The summed E-state index contributed by atoms with van der Waals surface area (Å²) in [5, 5.41) is 13.9. The number of ether oxygens (including phenoxy) is 1. The minimum absolute atomic E-state index is 0.128. The van der Waals surface area contributed by atoms with Crippen molar-refractivity contribution in [3.05, 3.63) is 108 Å². The summed E-state index contributed by atoms with van der Waals surface area (Å²) >= 11 is 0. The van der Waals surface area contributed by atoms with Gasteiger partial charge in [-0.05, 0) is 41.0 Å². The van der Waals surface area contributed by atoms with Gasteiger partial charge >= 0.3 is 0 Å². The van der Waals surface area contributed by atoms with Crippen molar-refractivity contribution < 1.29 is 9.84 Å². The molecule has 1 heterocycles. The highest BCUT2D eigenvalue weighted by Crippen LogP contribution is 2.28. The lowest BCUT2D eigenvalue weighted by Crippen LogP contribution is -2.12. The Bertz CT molecular complexity index is 967. The van der Waals surface area contributed by atoms with Gasteiger partial charge in [0, 0.05) is 0 Å². The zero-order valence-corrected chi connectivity index (χ0v) is 14.6. The number of benzene rings is 3. The van der Waals surface area contributed by atoms with Crippen LogP contribution in [-0.4, -0.2) is 19.9 Å². The van der Waals surface area contributed by atoms with Crippen LogP contribution < -0.4 is 4.74 Å². The van der Waals surface area contributed by atoms with E-state index in [1.165, 1.54) is 6.33 Å². The van der Waals surface area contributed by atoms with Crippen molar-refractivity contribution in [3.63, 3.8) is 0 Å². The van der Waals surface area contributed by atoms with Gasteiger partial charge in [0.15, 0.2) is 0 Å². The number of hydrogen-bond donors (Lipinski definition) is 1. The zero-order chi connectivity index (χ0) is 18.5. The molecule has 0 aliphatic rings. The highest BCUT2D eigenvalue weighted by atomic mass is 16.5. The summed E-state index contributed by atoms with van der Waals surface area (Å²) in [7, 11) is 0.